The van der Waals surface area contributed by atoms with E-state index in [0.29, 0.717) is 17.2 Å². The van der Waals surface area contributed by atoms with Gasteiger partial charge in [-0.25, -0.2) is 0 Å². The van der Waals surface area contributed by atoms with E-state index in [2.05, 4.69) is 65.5 Å². The highest BCUT2D eigenvalue weighted by molar-refractivity contribution is 5.78. The van der Waals surface area contributed by atoms with Gasteiger partial charge in [-0.1, -0.05) is 99.3 Å². The number of phenols is 3. The molecule has 5 aromatic carbocycles. The maximum absolute atomic E-state index is 9.55. The minimum absolute atomic E-state index is 0.268. The van der Waals surface area contributed by atoms with Crippen LogP contribution >= 0.6 is 0 Å². The molecule has 5 aromatic rings. The van der Waals surface area contributed by atoms with Crippen LogP contribution in [0.1, 0.15) is 48.6 Å². The lowest BCUT2D eigenvalue weighted by Crippen LogP contribution is -1.93. The molecule has 0 unspecified atom stereocenters. The molecule has 4 N–H and O–H groups in total. The largest absolute Gasteiger partial charge is 0.508 e. The van der Waals surface area contributed by atoms with Crippen LogP contribution in [0.4, 0.5) is 0 Å². The van der Waals surface area contributed by atoms with E-state index in [0.717, 1.165) is 5.56 Å². The van der Waals surface area contributed by atoms with E-state index in [9.17, 15) is 5.11 Å². The van der Waals surface area contributed by atoms with Crippen molar-refractivity contribution in [2.75, 3.05) is 0 Å². The highest BCUT2D eigenvalue weighted by atomic mass is 16.3. The summed E-state index contributed by atoms with van der Waals surface area (Å²) in [7, 11) is 0. The molecule has 0 aliphatic carbocycles. The highest BCUT2D eigenvalue weighted by Crippen LogP contribution is 2.33. The molecule has 48 heavy (non-hydrogen) atoms. The van der Waals surface area contributed by atoms with Gasteiger partial charge < -0.3 is 20.4 Å². The second-order valence-corrected chi connectivity index (χ2v) is 10.7. The Hall–Kier alpha value is -5.48. The van der Waals surface area contributed by atoms with Crippen LogP contribution in [0.3, 0.4) is 0 Å². The Bertz CT molecular complexity index is 1660. The Morgan fingerprint density at radius 1 is 0.542 bits per heavy atom. The van der Waals surface area contributed by atoms with Gasteiger partial charge in [0.15, 0.2) is 0 Å². The van der Waals surface area contributed by atoms with Gasteiger partial charge in [0, 0.05) is 0 Å². The summed E-state index contributed by atoms with van der Waals surface area (Å²) in [6.45, 7) is 20.1. The minimum atomic E-state index is 0.268. The third-order valence-electron chi connectivity index (χ3n) is 7.32. The van der Waals surface area contributed by atoms with E-state index in [1.165, 1.54) is 44.5 Å². The quantitative estimate of drug-likeness (QED) is 0.116. The number of rotatable bonds is 4. The molecule has 0 fully saturated rings. The average Bonchev–Trinajstić information content (AvgIpc) is 3.10. The molecular formula is C44H52O4. The molecule has 0 saturated carbocycles. The van der Waals surface area contributed by atoms with Gasteiger partial charge in [-0.2, -0.15) is 0 Å². The second-order valence-electron chi connectivity index (χ2n) is 10.7. The predicted octanol–water partition coefficient (Wildman–Crippen LogP) is 12.3. The zero-order chi connectivity index (χ0) is 36.1. The van der Waals surface area contributed by atoms with Gasteiger partial charge in [0.1, 0.15) is 23.0 Å². The van der Waals surface area contributed by atoms with E-state index < -0.39 is 0 Å². The maximum atomic E-state index is 9.55. The van der Waals surface area contributed by atoms with Crippen molar-refractivity contribution in [2.24, 2.45) is 0 Å². The van der Waals surface area contributed by atoms with Crippen molar-refractivity contribution >= 4 is 0 Å². The van der Waals surface area contributed by atoms with E-state index in [1.807, 2.05) is 38.1 Å². The van der Waals surface area contributed by atoms with Crippen LogP contribution in [0.2, 0.25) is 0 Å². The van der Waals surface area contributed by atoms with Crippen molar-refractivity contribution < 1.29 is 20.4 Å². The van der Waals surface area contributed by atoms with Crippen LogP contribution < -0.4 is 0 Å². The van der Waals surface area contributed by atoms with Crippen molar-refractivity contribution in [3.63, 3.8) is 0 Å². The van der Waals surface area contributed by atoms with Gasteiger partial charge in [-0.05, 0) is 146 Å². The minimum Gasteiger partial charge on any atom is -0.508 e. The number of phenolic OH excluding ortho intramolecular Hbond substituents is 3. The fourth-order valence-corrected chi connectivity index (χ4v) is 4.29. The zero-order valence-corrected chi connectivity index (χ0v) is 29.7. The number of hydrogen-bond donors (Lipinski definition) is 4. The maximum Gasteiger partial charge on any atom is 0.115 e. The molecule has 0 heterocycles. The predicted molar refractivity (Wildman–Crippen MR) is 206 cm³/mol. The van der Waals surface area contributed by atoms with Crippen molar-refractivity contribution in [2.45, 2.75) is 55.4 Å². The lowest BCUT2D eigenvalue weighted by atomic mass is 9.90. The molecule has 0 aliphatic heterocycles. The molecule has 4 nitrogen and oxygen atoms in total. The molecule has 0 aromatic heterocycles. The second kappa shape index (κ2) is 22.1. The van der Waals surface area contributed by atoms with Gasteiger partial charge in [-0.3, -0.25) is 0 Å². The van der Waals surface area contributed by atoms with Gasteiger partial charge in [0.2, 0.25) is 0 Å². The first-order chi connectivity index (χ1) is 23.0. The average molecular weight is 645 g/mol. The highest BCUT2D eigenvalue weighted by Gasteiger charge is 2.10. The van der Waals surface area contributed by atoms with Gasteiger partial charge in [-0.15, -0.1) is 0 Å². The number of hydrogen-bond acceptors (Lipinski definition) is 4. The smallest absolute Gasteiger partial charge is 0.115 e. The van der Waals surface area contributed by atoms with Gasteiger partial charge >= 0.3 is 0 Å². The molecule has 0 aliphatic rings. The molecule has 0 bridgehead atoms. The topological polar surface area (TPSA) is 80.9 Å². The normalized spacial score (nSPS) is 10.1. The van der Waals surface area contributed by atoms with E-state index in [1.54, 1.807) is 91.9 Å². The van der Waals surface area contributed by atoms with Crippen molar-refractivity contribution in [3.8, 4) is 39.5 Å². The van der Waals surface area contributed by atoms with Crippen LogP contribution in [-0.2, 0) is 0 Å². The van der Waals surface area contributed by atoms with Crippen LogP contribution in [-0.4, -0.2) is 20.4 Å². The first kappa shape index (κ1) is 40.5. The summed E-state index contributed by atoms with van der Waals surface area (Å²) in [6.07, 6.45) is 6.47. The fraction of sp³-hybridized carbons (Fsp3) is 0.182. The lowest BCUT2D eigenvalue weighted by molar-refractivity contribution is 0.431. The summed E-state index contributed by atoms with van der Waals surface area (Å²) >= 11 is 0. The van der Waals surface area contributed by atoms with Crippen molar-refractivity contribution in [1.29, 1.82) is 0 Å². The third-order valence-corrected chi connectivity index (χ3v) is 7.32. The molecule has 4 heteroatoms. The molecule has 0 amide bonds. The Balaban J connectivity index is 0.000000389. The fourth-order valence-electron chi connectivity index (χ4n) is 4.29. The molecular weight excluding hydrogens is 592 g/mol. The van der Waals surface area contributed by atoms with Gasteiger partial charge in [0.25, 0.3) is 0 Å². The number of aliphatic hydroxyl groups is 1. The Labute approximate surface area is 288 Å². The van der Waals surface area contributed by atoms with Crippen LogP contribution in [0.25, 0.3) is 22.3 Å². The first-order valence-electron chi connectivity index (χ1n) is 16.1. The number of allylic oxidation sites excluding steroid dienone is 4. The summed E-state index contributed by atoms with van der Waals surface area (Å²) in [6, 6.07) is 33.9. The number of aliphatic hydroxyl groups excluding tert-OH is 1. The molecule has 0 saturated heterocycles. The summed E-state index contributed by atoms with van der Waals surface area (Å²) in [5.74, 6) is 1.21. The lowest BCUT2D eigenvalue weighted by Gasteiger charge is -2.15. The van der Waals surface area contributed by atoms with Crippen LogP contribution in [0.15, 0.2) is 146 Å². The van der Waals surface area contributed by atoms with Crippen LogP contribution in [0.5, 0.6) is 17.2 Å². The summed E-state index contributed by atoms with van der Waals surface area (Å²) < 4.78 is 0. The number of benzene rings is 5. The summed E-state index contributed by atoms with van der Waals surface area (Å²) in [5.41, 5.74) is 11.4. The molecule has 0 spiro atoms. The zero-order valence-electron chi connectivity index (χ0n) is 29.7. The SMILES string of the molecule is C=C/C=C\C(O)=C/C.CC.Cc1cc(-c2cc(C)c(C)c(-c3ccc(O)cc3)c2)cc(C)c1C.Oc1ccccc1.Oc1ccccc1. The molecule has 0 atom stereocenters. The Kier molecular flexibility index (Phi) is 18.7. The molecule has 0 radical (unpaired) electrons. The monoisotopic (exact) mass is 644 g/mol. The number of aromatic hydroxyl groups is 3. The molecule has 5 rings (SSSR count). The first-order valence-corrected chi connectivity index (χ1v) is 16.1. The number of aryl methyl sites for hydroxylation is 3. The standard InChI is InChI=1S/C23H24O.C7H10O.2C6H6O.C2H6/c1-14-10-20(11-15(2)17(14)4)21-12-16(3)18(5)23(13-21)19-6-8-22(24)9-7-19;1-3-5-6-7(8)4-2;2*7-6-4-2-1-3-5-6;1-2/h6-13,24H,1-5H3;3-6,8H,1H2,2H3;2*1-5,7H;1-2H3/b;6-5-,7-4+;;;. The third kappa shape index (κ3) is 14.3. The van der Waals surface area contributed by atoms with E-state index in [-0.39, 0.29) is 5.76 Å². The summed E-state index contributed by atoms with van der Waals surface area (Å²) in [4.78, 5) is 0. The molecule has 252 valence electrons. The Morgan fingerprint density at radius 2 is 0.938 bits per heavy atom. The van der Waals surface area contributed by atoms with E-state index >= 15 is 0 Å². The van der Waals surface area contributed by atoms with Crippen molar-refractivity contribution in [1.82, 2.24) is 0 Å². The van der Waals surface area contributed by atoms with E-state index in [4.69, 9.17) is 15.3 Å². The van der Waals surface area contributed by atoms with Crippen molar-refractivity contribution in [3.05, 3.63) is 174 Å². The number of para-hydroxylation sites is 2. The summed E-state index contributed by atoms with van der Waals surface area (Å²) in [5, 5.41) is 35.5. The van der Waals surface area contributed by atoms with Crippen LogP contribution in [0, 0.1) is 34.6 Å². The van der Waals surface area contributed by atoms with Gasteiger partial charge in [0.05, 0.1) is 0 Å². The Morgan fingerprint density at radius 3 is 1.31 bits per heavy atom.